The highest BCUT2D eigenvalue weighted by molar-refractivity contribution is 5.87. The molecular weight excluding hydrogens is 213 g/mol. The molecule has 2 rings (SSSR count). The summed E-state index contributed by atoms with van der Waals surface area (Å²) < 4.78 is 18.6. The van der Waals surface area contributed by atoms with Crippen LogP contribution < -0.4 is 0 Å². The summed E-state index contributed by atoms with van der Waals surface area (Å²) in [5.41, 5.74) is 0.730. The lowest BCUT2D eigenvalue weighted by molar-refractivity contribution is 0.0590. The van der Waals surface area contributed by atoms with E-state index in [1.807, 2.05) is 0 Å². The first-order valence-electron chi connectivity index (χ1n) is 4.47. The van der Waals surface area contributed by atoms with E-state index in [0.29, 0.717) is 5.69 Å². The minimum atomic E-state index is -0.547. The Labute approximate surface area is 90.5 Å². The molecule has 0 atom stereocenters. The summed E-state index contributed by atoms with van der Waals surface area (Å²) in [7, 11) is 1.27. The number of hydrogen-bond donors (Lipinski definition) is 0. The van der Waals surface area contributed by atoms with E-state index in [-0.39, 0.29) is 11.5 Å². The standard InChI is InChI=1S/C10H8FN3O2/c1-16-10(15)9-6-12-13-14(9)8-4-2-7(11)3-5-8/h2-6H,1H3. The lowest BCUT2D eigenvalue weighted by Gasteiger charge is -2.03. The fourth-order valence-corrected chi connectivity index (χ4v) is 1.25. The van der Waals surface area contributed by atoms with Gasteiger partial charge in [0.05, 0.1) is 19.0 Å². The van der Waals surface area contributed by atoms with Crippen molar-refractivity contribution in [3.05, 3.63) is 42.0 Å². The van der Waals surface area contributed by atoms with E-state index in [2.05, 4.69) is 15.0 Å². The van der Waals surface area contributed by atoms with Crippen LogP contribution in [-0.4, -0.2) is 28.1 Å². The molecule has 1 aromatic carbocycles. The monoisotopic (exact) mass is 221 g/mol. The molecule has 1 heterocycles. The highest BCUT2D eigenvalue weighted by Crippen LogP contribution is 2.10. The first-order chi connectivity index (χ1) is 7.72. The van der Waals surface area contributed by atoms with Gasteiger partial charge in [0.2, 0.25) is 0 Å². The number of aromatic nitrogens is 3. The fourth-order valence-electron chi connectivity index (χ4n) is 1.25. The van der Waals surface area contributed by atoms with Crippen LogP contribution in [0.1, 0.15) is 10.5 Å². The third-order valence-electron chi connectivity index (χ3n) is 2.02. The van der Waals surface area contributed by atoms with Crippen molar-refractivity contribution in [2.75, 3.05) is 7.11 Å². The minimum absolute atomic E-state index is 0.189. The van der Waals surface area contributed by atoms with Gasteiger partial charge in [-0.25, -0.2) is 13.9 Å². The molecule has 0 bridgehead atoms. The van der Waals surface area contributed by atoms with Crippen molar-refractivity contribution in [2.45, 2.75) is 0 Å². The van der Waals surface area contributed by atoms with Gasteiger partial charge in [-0.15, -0.1) is 5.10 Å². The van der Waals surface area contributed by atoms with Crippen LogP contribution in [0.5, 0.6) is 0 Å². The van der Waals surface area contributed by atoms with E-state index < -0.39 is 5.97 Å². The Balaban J connectivity index is 2.44. The van der Waals surface area contributed by atoms with Crippen molar-refractivity contribution in [3.8, 4) is 5.69 Å². The van der Waals surface area contributed by atoms with Gasteiger partial charge in [-0.1, -0.05) is 5.21 Å². The Bertz CT molecular complexity index is 507. The smallest absolute Gasteiger partial charge is 0.358 e. The Morgan fingerprint density at radius 3 is 2.69 bits per heavy atom. The fraction of sp³-hybridized carbons (Fsp3) is 0.100. The number of methoxy groups -OCH3 is 1. The van der Waals surface area contributed by atoms with Crippen molar-refractivity contribution in [2.24, 2.45) is 0 Å². The number of nitrogens with zero attached hydrogens (tertiary/aromatic N) is 3. The van der Waals surface area contributed by atoms with E-state index in [4.69, 9.17) is 0 Å². The maximum absolute atomic E-state index is 12.7. The van der Waals surface area contributed by atoms with Gasteiger partial charge < -0.3 is 4.74 Å². The van der Waals surface area contributed by atoms with Gasteiger partial charge >= 0.3 is 5.97 Å². The minimum Gasteiger partial charge on any atom is -0.464 e. The molecule has 0 fully saturated rings. The largest absolute Gasteiger partial charge is 0.464 e. The number of halogens is 1. The molecule has 82 valence electrons. The summed E-state index contributed by atoms with van der Waals surface area (Å²) in [6.45, 7) is 0. The predicted molar refractivity (Wildman–Crippen MR) is 52.7 cm³/mol. The Morgan fingerprint density at radius 2 is 2.06 bits per heavy atom. The molecule has 1 aromatic heterocycles. The quantitative estimate of drug-likeness (QED) is 0.715. The van der Waals surface area contributed by atoms with Gasteiger partial charge in [-0.2, -0.15) is 0 Å². The zero-order chi connectivity index (χ0) is 11.5. The normalized spacial score (nSPS) is 10.1. The van der Waals surface area contributed by atoms with Crippen LogP contribution in [0, 0.1) is 5.82 Å². The van der Waals surface area contributed by atoms with Crippen LogP contribution in [0.2, 0.25) is 0 Å². The van der Waals surface area contributed by atoms with Crippen LogP contribution in [0.25, 0.3) is 5.69 Å². The zero-order valence-electron chi connectivity index (χ0n) is 8.42. The Morgan fingerprint density at radius 1 is 1.38 bits per heavy atom. The van der Waals surface area contributed by atoms with Crippen molar-refractivity contribution in [1.29, 1.82) is 0 Å². The van der Waals surface area contributed by atoms with Crippen LogP contribution in [0.15, 0.2) is 30.5 Å². The Hall–Kier alpha value is -2.24. The predicted octanol–water partition coefficient (Wildman–Crippen LogP) is 1.19. The second-order valence-corrected chi connectivity index (χ2v) is 3.00. The summed E-state index contributed by atoms with van der Waals surface area (Å²) in [6.07, 6.45) is 1.29. The average molecular weight is 221 g/mol. The first-order valence-corrected chi connectivity index (χ1v) is 4.47. The highest BCUT2D eigenvalue weighted by atomic mass is 19.1. The molecule has 5 nitrogen and oxygen atoms in total. The first kappa shape index (κ1) is 10.3. The molecule has 0 radical (unpaired) electrons. The molecule has 0 spiro atoms. The van der Waals surface area contributed by atoms with Gasteiger partial charge in [-0.3, -0.25) is 0 Å². The third-order valence-corrected chi connectivity index (χ3v) is 2.02. The third kappa shape index (κ3) is 1.77. The van der Waals surface area contributed by atoms with E-state index in [0.717, 1.165) is 0 Å². The van der Waals surface area contributed by atoms with Gasteiger partial charge in [0.15, 0.2) is 5.69 Å². The van der Waals surface area contributed by atoms with Crippen LogP contribution in [0.3, 0.4) is 0 Å². The molecule has 0 aliphatic carbocycles. The molecule has 0 aliphatic heterocycles. The van der Waals surface area contributed by atoms with E-state index >= 15 is 0 Å². The van der Waals surface area contributed by atoms with Gasteiger partial charge in [-0.05, 0) is 24.3 Å². The molecule has 16 heavy (non-hydrogen) atoms. The second-order valence-electron chi connectivity index (χ2n) is 3.00. The molecular formula is C10H8FN3O2. The van der Waals surface area contributed by atoms with Crippen LogP contribution in [0.4, 0.5) is 4.39 Å². The zero-order valence-corrected chi connectivity index (χ0v) is 8.42. The van der Waals surface area contributed by atoms with E-state index in [1.54, 1.807) is 0 Å². The molecule has 0 aliphatic rings. The number of carbonyl (C=O) groups excluding carboxylic acids is 1. The molecule has 0 amide bonds. The number of carbonyl (C=O) groups is 1. The second kappa shape index (κ2) is 4.09. The number of rotatable bonds is 2. The number of ether oxygens (including phenoxy) is 1. The maximum atomic E-state index is 12.7. The van der Waals surface area contributed by atoms with Crippen molar-refractivity contribution in [3.63, 3.8) is 0 Å². The highest BCUT2D eigenvalue weighted by Gasteiger charge is 2.14. The molecule has 6 heteroatoms. The SMILES string of the molecule is COC(=O)c1cnnn1-c1ccc(F)cc1. The molecule has 0 saturated heterocycles. The molecule has 0 saturated carbocycles. The summed E-state index contributed by atoms with van der Waals surface area (Å²) in [5, 5.41) is 7.34. The summed E-state index contributed by atoms with van der Waals surface area (Å²) in [4.78, 5) is 11.3. The van der Waals surface area contributed by atoms with Crippen molar-refractivity contribution in [1.82, 2.24) is 15.0 Å². The number of esters is 1. The van der Waals surface area contributed by atoms with Gasteiger partial charge in [0.1, 0.15) is 5.82 Å². The van der Waals surface area contributed by atoms with Crippen LogP contribution >= 0.6 is 0 Å². The van der Waals surface area contributed by atoms with Crippen molar-refractivity contribution < 1.29 is 13.9 Å². The van der Waals surface area contributed by atoms with Crippen LogP contribution in [-0.2, 0) is 4.74 Å². The van der Waals surface area contributed by atoms with Gasteiger partial charge in [0.25, 0.3) is 0 Å². The Kier molecular flexibility index (Phi) is 2.63. The lowest BCUT2D eigenvalue weighted by Crippen LogP contribution is -2.10. The molecule has 0 N–H and O–H groups in total. The summed E-state index contributed by atoms with van der Waals surface area (Å²) in [6, 6.07) is 5.54. The maximum Gasteiger partial charge on any atom is 0.358 e. The van der Waals surface area contributed by atoms with E-state index in [1.165, 1.54) is 42.3 Å². The van der Waals surface area contributed by atoms with E-state index in [9.17, 15) is 9.18 Å². The molecule has 0 unspecified atom stereocenters. The molecule has 2 aromatic rings. The lowest BCUT2D eigenvalue weighted by atomic mass is 10.3. The summed E-state index contributed by atoms with van der Waals surface area (Å²) in [5.74, 6) is -0.905. The van der Waals surface area contributed by atoms with Crippen molar-refractivity contribution >= 4 is 5.97 Å². The number of hydrogen-bond acceptors (Lipinski definition) is 4. The average Bonchev–Trinajstić information content (AvgIpc) is 2.78. The van der Waals surface area contributed by atoms with Gasteiger partial charge in [0, 0.05) is 0 Å². The topological polar surface area (TPSA) is 57.0 Å². The number of benzene rings is 1. The summed E-state index contributed by atoms with van der Waals surface area (Å²) >= 11 is 0.